The van der Waals surface area contributed by atoms with E-state index in [-0.39, 0.29) is 12.0 Å². The fourth-order valence-electron chi connectivity index (χ4n) is 2.71. The van der Waals surface area contributed by atoms with Gasteiger partial charge in [0.1, 0.15) is 5.92 Å². The number of hydrogen-bond acceptors (Lipinski definition) is 5. The minimum atomic E-state index is -1.59. The molecule has 0 saturated carbocycles. The van der Waals surface area contributed by atoms with Gasteiger partial charge in [-0.25, -0.2) is 9.90 Å². The summed E-state index contributed by atoms with van der Waals surface area (Å²) < 4.78 is 4.83. The van der Waals surface area contributed by atoms with Crippen molar-refractivity contribution < 1.29 is 19.5 Å². The number of methoxy groups -OCH3 is 1. The van der Waals surface area contributed by atoms with Crippen LogP contribution in [0.5, 0.6) is 0 Å². The SMILES string of the molecule is COC(=O)[C@H]1[C@@H](C(C)C)N(c2ccccc2)O[C@]1(C)O. The molecule has 3 atom stereocenters. The number of carbonyl (C=O) groups excluding carboxylic acids is 1. The van der Waals surface area contributed by atoms with Crippen molar-refractivity contribution in [3.05, 3.63) is 30.3 Å². The Morgan fingerprint density at radius 3 is 2.50 bits per heavy atom. The zero-order valence-electron chi connectivity index (χ0n) is 12.2. The summed E-state index contributed by atoms with van der Waals surface area (Å²) in [5, 5.41) is 12.1. The highest BCUT2D eigenvalue weighted by atomic mass is 16.8. The Morgan fingerprint density at radius 1 is 1.40 bits per heavy atom. The predicted octanol–water partition coefficient (Wildman–Crippen LogP) is 1.96. The monoisotopic (exact) mass is 279 g/mol. The molecule has 0 aliphatic carbocycles. The van der Waals surface area contributed by atoms with Gasteiger partial charge in [0.05, 0.1) is 18.8 Å². The van der Waals surface area contributed by atoms with Crippen LogP contribution < -0.4 is 5.06 Å². The molecule has 0 amide bonds. The van der Waals surface area contributed by atoms with Crippen LogP contribution in [0.2, 0.25) is 0 Å². The largest absolute Gasteiger partial charge is 0.469 e. The molecule has 1 aromatic carbocycles. The third-order valence-electron chi connectivity index (χ3n) is 3.62. The standard InChI is InChI=1S/C15H21NO4/c1-10(2)13-12(14(17)19-4)15(3,18)20-16(13)11-8-6-5-7-9-11/h5-10,12-13,18H,1-4H3/t12-,13-,15+/m1/s1. The molecule has 0 unspecified atom stereocenters. The Labute approximate surface area is 119 Å². The predicted molar refractivity (Wildman–Crippen MR) is 74.8 cm³/mol. The molecule has 0 bridgehead atoms. The van der Waals surface area contributed by atoms with E-state index in [0.717, 1.165) is 5.69 Å². The highest BCUT2D eigenvalue weighted by Crippen LogP contribution is 2.41. The van der Waals surface area contributed by atoms with Gasteiger partial charge < -0.3 is 9.84 Å². The minimum absolute atomic E-state index is 0.105. The molecule has 1 heterocycles. The highest BCUT2D eigenvalue weighted by molar-refractivity contribution is 5.76. The number of aliphatic hydroxyl groups is 1. The second-order valence-corrected chi connectivity index (χ2v) is 5.54. The van der Waals surface area contributed by atoms with Crippen LogP contribution in [0.3, 0.4) is 0 Å². The molecule has 5 nitrogen and oxygen atoms in total. The molecule has 0 aromatic heterocycles. The first-order valence-corrected chi connectivity index (χ1v) is 6.72. The zero-order chi connectivity index (χ0) is 14.9. The van der Waals surface area contributed by atoms with Gasteiger partial charge in [-0.3, -0.25) is 4.79 Å². The van der Waals surface area contributed by atoms with Crippen molar-refractivity contribution in [1.82, 2.24) is 0 Å². The molecule has 1 N–H and O–H groups in total. The maximum Gasteiger partial charge on any atom is 0.316 e. The van der Waals surface area contributed by atoms with Crippen LogP contribution >= 0.6 is 0 Å². The van der Waals surface area contributed by atoms with Crippen LogP contribution in [0.25, 0.3) is 0 Å². The summed E-state index contributed by atoms with van der Waals surface area (Å²) in [6.45, 7) is 5.47. The third-order valence-corrected chi connectivity index (χ3v) is 3.62. The van der Waals surface area contributed by atoms with Crippen molar-refractivity contribution in [3.63, 3.8) is 0 Å². The molecule has 2 rings (SSSR count). The summed E-state index contributed by atoms with van der Waals surface area (Å²) in [6.07, 6.45) is 0. The van der Waals surface area contributed by atoms with E-state index < -0.39 is 17.7 Å². The summed E-state index contributed by atoms with van der Waals surface area (Å²) >= 11 is 0. The first kappa shape index (κ1) is 14.8. The van der Waals surface area contributed by atoms with Crippen molar-refractivity contribution in [2.45, 2.75) is 32.6 Å². The van der Waals surface area contributed by atoms with Gasteiger partial charge in [0.25, 0.3) is 0 Å². The van der Waals surface area contributed by atoms with Crippen molar-refractivity contribution in [1.29, 1.82) is 0 Å². The van der Waals surface area contributed by atoms with Gasteiger partial charge in [-0.2, -0.15) is 0 Å². The Balaban J connectivity index is 2.42. The van der Waals surface area contributed by atoms with Gasteiger partial charge in [-0.15, -0.1) is 0 Å². The fourth-order valence-corrected chi connectivity index (χ4v) is 2.71. The highest BCUT2D eigenvalue weighted by Gasteiger charge is 2.56. The molecule has 5 heteroatoms. The maximum atomic E-state index is 12.0. The first-order chi connectivity index (χ1) is 9.38. The Bertz CT molecular complexity index is 472. The van der Waals surface area contributed by atoms with E-state index in [9.17, 15) is 9.90 Å². The van der Waals surface area contributed by atoms with E-state index in [1.165, 1.54) is 14.0 Å². The molecule has 110 valence electrons. The summed E-state index contributed by atoms with van der Waals surface area (Å²) in [6, 6.07) is 9.14. The Morgan fingerprint density at radius 2 is 2.00 bits per heavy atom. The third kappa shape index (κ3) is 2.51. The average molecular weight is 279 g/mol. The molecule has 20 heavy (non-hydrogen) atoms. The van der Waals surface area contributed by atoms with Crippen LogP contribution in [-0.2, 0) is 14.4 Å². The second kappa shape index (κ2) is 5.42. The minimum Gasteiger partial charge on any atom is -0.469 e. The Kier molecular flexibility index (Phi) is 4.01. The summed E-state index contributed by atoms with van der Waals surface area (Å²) in [4.78, 5) is 17.7. The number of ether oxygens (including phenoxy) is 1. The van der Waals surface area contributed by atoms with Gasteiger partial charge in [0, 0.05) is 0 Å². The lowest BCUT2D eigenvalue weighted by Gasteiger charge is -2.28. The van der Waals surface area contributed by atoms with Crippen molar-refractivity contribution in [3.8, 4) is 0 Å². The van der Waals surface area contributed by atoms with E-state index in [1.807, 2.05) is 44.2 Å². The van der Waals surface area contributed by atoms with Gasteiger partial charge >= 0.3 is 5.97 Å². The van der Waals surface area contributed by atoms with Crippen LogP contribution in [0.1, 0.15) is 20.8 Å². The normalized spacial score (nSPS) is 29.8. The van der Waals surface area contributed by atoms with E-state index in [4.69, 9.17) is 9.57 Å². The van der Waals surface area contributed by atoms with E-state index in [1.54, 1.807) is 5.06 Å². The smallest absolute Gasteiger partial charge is 0.316 e. The van der Waals surface area contributed by atoms with Crippen LogP contribution in [0.15, 0.2) is 30.3 Å². The van der Waals surface area contributed by atoms with Gasteiger partial charge in [0.15, 0.2) is 0 Å². The second-order valence-electron chi connectivity index (χ2n) is 5.54. The van der Waals surface area contributed by atoms with Crippen LogP contribution in [0.4, 0.5) is 5.69 Å². The lowest BCUT2D eigenvalue weighted by Crippen LogP contribution is -2.44. The molecule has 1 fully saturated rings. The topological polar surface area (TPSA) is 59.0 Å². The molecule has 0 radical (unpaired) electrons. The lowest BCUT2D eigenvalue weighted by molar-refractivity contribution is -0.198. The molecule has 1 aliphatic heterocycles. The molecule has 1 aliphatic rings. The van der Waals surface area contributed by atoms with Crippen LogP contribution in [0, 0.1) is 11.8 Å². The number of benzene rings is 1. The maximum absolute atomic E-state index is 12.0. The lowest BCUT2D eigenvalue weighted by atomic mass is 9.86. The number of para-hydroxylation sites is 1. The molecular weight excluding hydrogens is 258 g/mol. The average Bonchev–Trinajstić information content (AvgIpc) is 2.71. The number of anilines is 1. The number of hydrogen-bond donors (Lipinski definition) is 1. The van der Waals surface area contributed by atoms with E-state index in [0.29, 0.717) is 0 Å². The number of hydroxylamine groups is 1. The van der Waals surface area contributed by atoms with Gasteiger partial charge in [-0.1, -0.05) is 32.0 Å². The summed E-state index contributed by atoms with van der Waals surface area (Å²) in [5.74, 6) is -2.70. The van der Waals surface area contributed by atoms with E-state index >= 15 is 0 Å². The number of carbonyl (C=O) groups is 1. The molecule has 1 aromatic rings. The van der Waals surface area contributed by atoms with Crippen molar-refractivity contribution >= 4 is 11.7 Å². The molecule has 0 spiro atoms. The van der Waals surface area contributed by atoms with Gasteiger partial charge in [0.2, 0.25) is 5.79 Å². The van der Waals surface area contributed by atoms with Crippen molar-refractivity contribution in [2.24, 2.45) is 11.8 Å². The number of nitrogens with zero attached hydrogens (tertiary/aromatic N) is 1. The summed E-state index contributed by atoms with van der Waals surface area (Å²) in [7, 11) is 1.32. The zero-order valence-corrected chi connectivity index (χ0v) is 12.2. The van der Waals surface area contributed by atoms with Crippen LogP contribution in [-0.4, -0.2) is 30.0 Å². The van der Waals surface area contributed by atoms with Crippen molar-refractivity contribution in [2.75, 3.05) is 12.2 Å². The number of rotatable bonds is 3. The quantitative estimate of drug-likeness (QED) is 0.857. The Hall–Kier alpha value is -1.59. The molecule has 1 saturated heterocycles. The molecular formula is C15H21NO4. The fraction of sp³-hybridized carbons (Fsp3) is 0.533. The van der Waals surface area contributed by atoms with Gasteiger partial charge in [-0.05, 0) is 25.0 Å². The number of esters is 1. The van der Waals surface area contributed by atoms with E-state index in [2.05, 4.69) is 0 Å². The first-order valence-electron chi connectivity index (χ1n) is 6.72. The summed E-state index contributed by atoms with van der Waals surface area (Å²) in [5.41, 5.74) is 0.804.